The van der Waals surface area contributed by atoms with Crippen molar-refractivity contribution in [2.45, 2.75) is 6.18 Å². The van der Waals surface area contributed by atoms with Crippen molar-refractivity contribution in [2.24, 2.45) is 0 Å². The number of aromatic nitrogens is 1. The van der Waals surface area contributed by atoms with Crippen molar-refractivity contribution < 1.29 is 22.3 Å². The topological polar surface area (TPSA) is 57.2 Å². The predicted octanol–water partition coefficient (Wildman–Crippen LogP) is 2.50. The largest absolute Gasteiger partial charge is 0.482 e. The fraction of sp³-hybridized carbons (Fsp3) is 0.154. The van der Waals surface area contributed by atoms with Crippen molar-refractivity contribution in [3.63, 3.8) is 0 Å². The highest BCUT2D eigenvalue weighted by atomic mass is 19.4. The van der Waals surface area contributed by atoms with Crippen LogP contribution in [0, 0.1) is 5.82 Å². The SMILES string of the molecule is Nc1cccn(-c2ccc(F)cc2OCC(F)(F)F)c1=O. The minimum atomic E-state index is -4.58. The van der Waals surface area contributed by atoms with Gasteiger partial charge in [0.1, 0.15) is 11.6 Å². The van der Waals surface area contributed by atoms with Crippen molar-refractivity contribution in [1.29, 1.82) is 0 Å². The second kappa shape index (κ2) is 5.47. The van der Waals surface area contributed by atoms with Crippen LogP contribution in [0.15, 0.2) is 41.3 Å². The highest BCUT2D eigenvalue weighted by Crippen LogP contribution is 2.25. The molecule has 0 spiro atoms. The lowest BCUT2D eigenvalue weighted by Crippen LogP contribution is -2.23. The molecule has 2 aromatic rings. The number of hydrogen-bond acceptors (Lipinski definition) is 3. The van der Waals surface area contributed by atoms with E-state index in [1.165, 1.54) is 18.3 Å². The predicted molar refractivity (Wildman–Crippen MR) is 68.0 cm³/mol. The number of pyridine rings is 1. The third-order valence-electron chi connectivity index (χ3n) is 2.55. The number of rotatable bonds is 3. The van der Waals surface area contributed by atoms with E-state index in [0.29, 0.717) is 0 Å². The molecule has 0 aliphatic rings. The highest BCUT2D eigenvalue weighted by Gasteiger charge is 2.29. The van der Waals surface area contributed by atoms with Crippen LogP contribution in [0.25, 0.3) is 5.69 Å². The van der Waals surface area contributed by atoms with Gasteiger partial charge in [-0.15, -0.1) is 0 Å². The molecule has 2 rings (SSSR count). The molecule has 0 aliphatic heterocycles. The number of anilines is 1. The Morgan fingerprint density at radius 1 is 1.24 bits per heavy atom. The van der Waals surface area contributed by atoms with Crippen LogP contribution >= 0.6 is 0 Å². The highest BCUT2D eigenvalue weighted by molar-refractivity contribution is 5.49. The van der Waals surface area contributed by atoms with Crippen molar-refractivity contribution in [1.82, 2.24) is 4.57 Å². The molecule has 0 amide bonds. The molecule has 0 saturated carbocycles. The average Bonchev–Trinajstić information content (AvgIpc) is 2.39. The summed E-state index contributed by atoms with van der Waals surface area (Å²) in [6.07, 6.45) is -3.28. The molecule has 1 aromatic carbocycles. The van der Waals surface area contributed by atoms with E-state index in [2.05, 4.69) is 4.74 Å². The summed E-state index contributed by atoms with van der Waals surface area (Å²) in [5.41, 5.74) is 4.69. The zero-order valence-electron chi connectivity index (χ0n) is 10.5. The first-order valence-electron chi connectivity index (χ1n) is 5.74. The molecule has 0 saturated heterocycles. The van der Waals surface area contributed by atoms with Crippen LogP contribution in [0.1, 0.15) is 0 Å². The summed E-state index contributed by atoms with van der Waals surface area (Å²) in [6, 6.07) is 5.70. The summed E-state index contributed by atoms with van der Waals surface area (Å²) in [7, 11) is 0. The first-order chi connectivity index (χ1) is 9.78. The normalized spacial score (nSPS) is 11.4. The number of hydrogen-bond donors (Lipinski definition) is 1. The first-order valence-corrected chi connectivity index (χ1v) is 5.74. The van der Waals surface area contributed by atoms with Gasteiger partial charge in [0, 0.05) is 12.3 Å². The molecule has 112 valence electrons. The molecule has 1 aromatic heterocycles. The van der Waals surface area contributed by atoms with Gasteiger partial charge in [-0.25, -0.2) is 4.39 Å². The third kappa shape index (κ3) is 3.53. The molecule has 4 nitrogen and oxygen atoms in total. The van der Waals surface area contributed by atoms with Crippen LogP contribution in [-0.2, 0) is 0 Å². The standard InChI is InChI=1S/C13H10F4N2O2/c14-8-3-4-10(11(6-8)21-7-13(15,16)17)19-5-1-2-9(18)12(19)20/h1-6H,7,18H2. The maximum absolute atomic E-state index is 13.2. The van der Waals surface area contributed by atoms with E-state index in [-0.39, 0.29) is 11.4 Å². The van der Waals surface area contributed by atoms with E-state index in [0.717, 1.165) is 22.8 Å². The van der Waals surface area contributed by atoms with Gasteiger partial charge in [-0.3, -0.25) is 9.36 Å². The van der Waals surface area contributed by atoms with Crippen molar-refractivity contribution in [3.05, 3.63) is 52.7 Å². The van der Waals surface area contributed by atoms with Crippen LogP contribution in [0.5, 0.6) is 5.75 Å². The summed E-state index contributed by atoms with van der Waals surface area (Å²) in [6.45, 7) is -1.60. The fourth-order valence-corrected chi connectivity index (χ4v) is 1.66. The van der Waals surface area contributed by atoms with Gasteiger partial charge in [-0.05, 0) is 24.3 Å². The number of ether oxygens (including phenoxy) is 1. The van der Waals surface area contributed by atoms with Crippen molar-refractivity contribution in [3.8, 4) is 11.4 Å². The van der Waals surface area contributed by atoms with E-state index in [4.69, 9.17) is 5.73 Å². The van der Waals surface area contributed by atoms with E-state index in [1.54, 1.807) is 0 Å². The molecule has 1 heterocycles. The maximum Gasteiger partial charge on any atom is 0.422 e. The average molecular weight is 302 g/mol. The van der Waals surface area contributed by atoms with Gasteiger partial charge in [0.15, 0.2) is 6.61 Å². The lowest BCUT2D eigenvalue weighted by Gasteiger charge is -2.14. The summed E-state index contributed by atoms with van der Waals surface area (Å²) >= 11 is 0. The molecule has 0 bridgehead atoms. The molecule has 0 atom stereocenters. The maximum atomic E-state index is 13.2. The van der Waals surface area contributed by atoms with E-state index in [1.807, 2.05) is 0 Å². The molecule has 0 unspecified atom stereocenters. The van der Waals surface area contributed by atoms with Crippen LogP contribution in [0.3, 0.4) is 0 Å². The summed E-state index contributed by atoms with van der Waals surface area (Å²) < 4.78 is 55.4. The summed E-state index contributed by atoms with van der Waals surface area (Å²) in [5, 5.41) is 0. The van der Waals surface area contributed by atoms with Gasteiger partial charge in [-0.2, -0.15) is 13.2 Å². The van der Waals surface area contributed by atoms with Gasteiger partial charge in [0.2, 0.25) is 0 Å². The monoisotopic (exact) mass is 302 g/mol. The number of alkyl halides is 3. The molecule has 8 heteroatoms. The van der Waals surface area contributed by atoms with Gasteiger partial charge in [-0.1, -0.05) is 0 Å². The quantitative estimate of drug-likeness (QED) is 0.886. The second-order valence-corrected chi connectivity index (χ2v) is 4.15. The Morgan fingerprint density at radius 3 is 2.62 bits per heavy atom. The number of benzene rings is 1. The van der Waals surface area contributed by atoms with E-state index >= 15 is 0 Å². The van der Waals surface area contributed by atoms with Crippen LogP contribution < -0.4 is 16.0 Å². The minimum absolute atomic E-state index is 0.0297. The van der Waals surface area contributed by atoms with Gasteiger partial charge >= 0.3 is 6.18 Å². The molecule has 0 radical (unpaired) electrons. The minimum Gasteiger partial charge on any atom is -0.482 e. The Labute approximate surface area is 116 Å². The van der Waals surface area contributed by atoms with Crippen molar-refractivity contribution >= 4 is 5.69 Å². The zero-order chi connectivity index (χ0) is 15.6. The molecular formula is C13H10F4N2O2. The van der Waals surface area contributed by atoms with Gasteiger partial charge in [0.25, 0.3) is 5.56 Å². The molecule has 2 N–H and O–H groups in total. The first kappa shape index (κ1) is 14.9. The third-order valence-corrected chi connectivity index (χ3v) is 2.55. The Morgan fingerprint density at radius 2 is 1.95 bits per heavy atom. The second-order valence-electron chi connectivity index (χ2n) is 4.15. The Hall–Kier alpha value is -2.51. The summed E-state index contributed by atoms with van der Waals surface area (Å²) in [4.78, 5) is 11.9. The van der Waals surface area contributed by atoms with Crippen molar-refractivity contribution in [2.75, 3.05) is 12.3 Å². The van der Waals surface area contributed by atoms with Crippen LogP contribution in [0.4, 0.5) is 23.2 Å². The Balaban J connectivity index is 2.48. The number of nitrogen functional groups attached to an aromatic ring is 1. The molecule has 0 aliphatic carbocycles. The zero-order valence-corrected chi connectivity index (χ0v) is 10.5. The number of halogens is 4. The molecule has 21 heavy (non-hydrogen) atoms. The Kier molecular flexibility index (Phi) is 3.88. The Bertz CT molecular complexity index is 710. The van der Waals surface area contributed by atoms with Gasteiger partial charge in [0.05, 0.1) is 11.4 Å². The van der Waals surface area contributed by atoms with E-state index < -0.39 is 29.9 Å². The van der Waals surface area contributed by atoms with E-state index in [9.17, 15) is 22.4 Å². The fourth-order valence-electron chi connectivity index (χ4n) is 1.66. The number of nitrogens with two attached hydrogens (primary N) is 1. The lowest BCUT2D eigenvalue weighted by molar-refractivity contribution is -0.153. The van der Waals surface area contributed by atoms with Crippen LogP contribution in [-0.4, -0.2) is 17.4 Å². The van der Waals surface area contributed by atoms with Crippen LogP contribution in [0.2, 0.25) is 0 Å². The molecule has 0 fully saturated rings. The number of nitrogens with zero attached hydrogens (tertiary/aromatic N) is 1. The van der Waals surface area contributed by atoms with Gasteiger partial charge < -0.3 is 10.5 Å². The summed E-state index contributed by atoms with van der Waals surface area (Å²) in [5.74, 6) is -1.19. The lowest BCUT2D eigenvalue weighted by atomic mass is 10.2. The smallest absolute Gasteiger partial charge is 0.422 e. The molecular weight excluding hydrogens is 292 g/mol.